The van der Waals surface area contributed by atoms with Gasteiger partial charge < -0.3 is 14.8 Å². The summed E-state index contributed by atoms with van der Waals surface area (Å²) in [5, 5.41) is 3.80. The predicted molar refractivity (Wildman–Crippen MR) is 129 cm³/mol. The van der Waals surface area contributed by atoms with Crippen LogP contribution in [0.5, 0.6) is 0 Å². The molecule has 0 aliphatic carbocycles. The number of piperazine rings is 1. The Labute approximate surface area is 189 Å². The fraction of sp³-hybridized carbons (Fsp3) is 0.385. The molecule has 0 saturated carbocycles. The van der Waals surface area contributed by atoms with Gasteiger partial charge in [-0.1, -0.05) is 48.5 Å². The van der Waals surface area contributed by atoms with Crippen molar-refractivity contribution < 1.29 is 4.79 Å². The normalized spacial score (nSPS) is 15.2. The van der Waals surface area contributed by atoms with Crippen molar-refractivity contribution in [3.63, 3.8) is 0 Å². The molecule has 1 amide bonds. The predicted octanol–water partition coefficient (Wildman–Crippen LogP) is 2.87. The third-order valence-electron chi connectivity index (χ3n) is 6.30. The van der Waals surface area contributed by atoms with Crippen LogP contribution in [-0.4, -0.2) is 59.5 Å². The maximum Gasteiger partial charge on any atom is 0.252 e. The van der Waals surface area contributed by atoms with Crippen molar-refractivity contribution in [1.29, 1.82) is 0 Å². The van der Waals surface area contributed by atoms with Crippen molar-refractivity contribution in [2.75, 3.05) is 39.3 Å². The Kier molecular flexibility index (Phi) is 7.35. The largest absolute Gasteiger partial charge is 0.352 e. The molecule has 2 aromatic carbocycles. The lowest BCUT2D eigenvalue weighted by Crippen LogP contribution is -2.46. The monoisotopic (exact) mass is 432 g/mol. The number of aromatic nitrogens is 1. The first-order valence-electron chi connectivity index (χ1n) is 11.5. The van der Waals surface area contributed by atoms with E-state index in [1.54, 1.807) is 11.6 Å². The minimum atomic E-state index is -0.173. The van der Waals surface area contributed by atoms with Gasteiger partial charge in [0, 0.05) is 57.8 Å². The van der Waals surface area contributed by atoms with Crippen LogP contribution < -0.4 is 10.9 Å². The summed E-state index contributed by atoms with van der Waals surface area (Å²) in [5.74, 6) is -0.173. The maximum absolute atomic E-state index is 12.7. The molecular formula is C26H32N4O2. The summed E-state index contributed by atoms with van der Waals surface area (Å²) >= 11 is 0. The number of benzene rings is 2. The van der Waals surface area contributed by atoms with Crippen LogP contribution in [-0.2, 0) is 13.6 Å². The van der Waals surface area contributed by atoms with Crippen molar-refractivity contribution in [2.45, 2.75) is 19.4 Å². The van der Waals surface area contributed by atoms with E-state index in [0.29, 0.717) is 12.1 Å². The van der Waals surface area contributed by atoms with Crippen LogP contribution >= 0.6 is 0 Å². The molecule has 6 heteroatoms. The van der Waals surface area contributed by atoms with Gasteiger partial charge in [0.05, 0.1) is 11.1 Å². The molecule has 0 unspecified atom stereocenters. The molecule has 1 aliphatic heterocycles. The lowest BCUT2D eigenvalue weighted by atomic mass is 10.1. The molecular weight excluding hydrogens is 400 g/mol. The van der Waals surface area contributed by atoms with Crippen molar-refractivity contribution in [1.82, 2.24) is 19.7 Å². The molecule has 2 heterocycles. The zero-order valence-electron chi connectivity index (χ0n) is 18.8. The fourth-order valence-corrected chi connectivity index (χ4v) is 4.37. The minimum Gasteiger partial charge on any atom is -0.352 e. The Bertz CT molecular complexity index is 1100. The van der Waals surface area contributed by atoms with Gasteiger partial charge in [0.25, 0.3) is 11.5 Å². The molecule has 1 saturated heterocycles. The van der Waals surface area contributed by atoms with Gasteiger partial charge in [0.15, 0.2) is 0 Å². The number of pyridine rings is 1. The van der Waals surface area contributed by atoms with E-state index in [2.05, 4.69) is 45.4 Å². The number of nitrogens with one attached hydrogen (secondary N) is 1. The van der Waals surface area contributed by atoms with Crippen molar-refractivity contribution >= 4 is 16.8 Å². The number of carbonyl (C=O) groups excluding carboxylic acids is 1. The van der Waals surface area contributed by atoms with Gasteiger partial charge >= 0.3 is 0 Å². The Morgan fingerprint density at radius 2 is 1.59 bits per heavy atom. The van der Waals surface area contributed by atoms with Crippen LogP contribution in [0.1, 0.15) is 28.8 Å². The summed E-state index contributed by atoms with van der Waals surface area (Å²) in [6.07, 6.45) is 1.98. The molecule has 1 fully saturated rings. The van der Waals surface area contributed by atoms with Gasteiger partial charge in [-0.05, 0) is 31.0 Å². The van der Waals surface area contributed by atoms with Gasteiger partial charge in [0.2, 0.25) is 0 Å². The molecule has 168 valence electrons. The van der Waals surface area contributed by atoms with Gasteiger partial charge in [0.1, 0.15) is 0 Å². The number of carbonyl (C=O) groups is 1. The fourth-order valence-electron chi connectivity index (χ4n) is 4.37. The van der Waals surface area contributed by atoms with E-state index in [9.17, 15) is 9.59 Å². The standard InChI is InChI=1S/C26H32N4O2/c1-28-24-12-6-5-11-22(24)23(19-25(28)31)26(32)27-13-7-8-14-29-15-17-30(18-16-29)20-21-9-3-2-4-10-21/h2-6,9-12,19H,7-8,13-18,20H2,1H3,(H,27,32). The van der Waals surface area contributed by atoms with Crippen molar-refractivity contribution in [3.05, 3.63) is 82.1 Å². The van der Waals surface area contributed by atoms with Gasteiger partial charge in [-0.25, -0.2) is 0 Å². The number of amides is 1. The molecule has 4 rings (SSSR count). The van der Waals surface area contributed by atoms with Crippen LogP contribution in [0.4, 0.5) is 0 Å². The van der Waals surface area contributed by atoms with Gasteiger partial charge in [-0.2, -0.15) is 0 Å². The number of aryl methyl sites for hydroxylation is 1. The molecule has 1 N–H and O–H groups in total. The third kappa shape index (κ3) is 5.44. The van der Waals surface area contributed by atoms with E-state index in [-0.39, 0.29) is 11.5 Å². The zero-order chi connectivity index (χ0) is 22.3. The first-order valence-corrected chi connectivity index (χ1v) is 11.5. The quantitative estimate of drug-likeness (QED) is 0.556. The highest BCUT2D eigenvalue weighted by atomic mass is 16.2. The SMILES string of the molecule is Cn1c(=O)cc(C(=O)NCCCCN2CCN(Cc3ccccc3)CC2)c2ccccc21. The highest BCUT2D eigenvalue weighted by Gasteiger charge is 2.17. The Balaban J connectivity index is 1.18. The highest BCUT2D eigenvalue weighted by Crippen LogP contribution is 2.16. The average Bonchev–Trinajstić information content (AvgIpc) is 2.83. The van der Waals surface area contributed by atoms with E-state index in [1.165, 1.54) is 11.6 Å². The molecule has 1 aromatic heterocycles. The van der Waals surface area contributed by atoms with Crippen LogP contribution in [0.3, 0.4) is 0 Å². The number of hydrogen-bond donors (Lipinski definition) is 1. The van der Waals surface area contributed by atoms with Crippen LogP contribution in [0, 0.1) is 0 Å². The summed E-state index contributed by atoms with van der Waals surface area (Å²) in [6.45, 7) is 7.10. The first-order chi connectivity index (χ1) is 15.6. The Morgan fingerprint density at radius 3 is 2.38 bits per heavy atom. The van der Waals surface area contributed by atoms with Crippen LogP contribution in [0.15, 0.2) is 65.5 Å². The molecule has 0 spiro atoms. The maximum atomic E-state index is 12.7. The molecule has 0 radical (unpaired) electrons. The van der Waals surface area contributed by atoms with E-state index < -0.39 is 0 Å². The first kappa shape index (κ1) is 22.2. The lowest BCUT2D eigenvalue weighted by Gasteiger charge is -2.34. The number of para-hydroxylation sites is 1. The Morgan fingerprint density at radius 1 is 0.906 bits per heavy atom. The summed E-state index contributed by atoms with van der Waals surface area (Å²) in [5.41, 5.74) is 2.44. The van der Waals surface area contributed by atoms with Crippen molar-refractivity contribution in [3.8, 4) is 0 Å². The highest BCUT2D eigenvalue weighted by molar-refractivity contribution is 6.06. The zero-order valence-corrected chi connectivity index (χ0v) is 18.8. The lowest BCUT2D eigenvalue weighted by molar-refractivity contribution is 0.0952. The number of hydrogen-bond acceptors (Lipinski definition) is 4. The Hall–Kier alpha value is -2.96. The van der Waals surface area contributed by atoms with E-state index in [1.807, 2.05) is 24.3 Å². The van der Waals surface area contributed by atoms with Crippen LogP contribution in [0.2, 0.25) is 0 Å². The summed E-state index contributed by atoms with van der Waals surface area (Å²) in [7, 11) is 1.73. The van der Waals surface area contributed by atoms with Crippen molar-refractivity contribution in [2.24, 2.45) is 7.05 Å². The van der Waals surface area contributed by atoms with Gasteiger partial charge in [-0.15, -0.1) is 0 Å². The van der Waals surface area contributed by atoms with E-state index >= 15 is 0 Å². The van der Waals surface area contributed by atoms with Gasteiger partial charge in [-0.3, -0.25) is 14.5 Å². The number of fused-ring (bicyclic) bond motifs is 1. The summed E-state index contributed by atoms with van der Waals surface area (Å²) in [6, 6.07) is 19.6. The second-order valence-electron chi connectivity index (χ2n) is 8.54. The number of nitrogens with zero attached hydrogens (tertiary/aromatic N) is 3. The van der Waals surface area contributed by atoms with E-state index in [0.717, 1.165) is 63.0 Å². The molecule has 0 bridgehead atoms. The molecule has 6 nitrogen and oxygen atoms in total. The number of unbranched alkanes of at least 4 members (excludes halogenated alkanes) is 1. The van der Waals surface area contributed by atoms with Crippen LogP contribution in [0.25, 0.3) is 10.9 Å². The molecule has 3 aromatic rings. The summed E-state index contributed by atoms with van der Waals surface area (Å²) in [4.78, 5) is 29.9. The molecule has 32 heavy (non-hydrogen) atoms. The smallest absolute Gasteiger partial charge is 0.252 e. The average molecular weight is 433 g/mol. The third-order valence-corrected chi connectivity index (χ3v) is 6.30. The molecule has 1 aliphatic rings. The second kappa shape index (κ2) is 10.6. The topological polar surface area (TPSA) is 57.6 Å². The van der Waals surface area contributed by atoms with E-state index in [4.69, 9.17) is 0 Å². The summed E-state index contributed by atoms with van der Waals surface area (Å²) < 4.78 is 1.58. The second-order valence-corrected chi connectivity index (χ2v) is 8.54. The number of rotatable bonds is 8. The minimum absolute atomic E-state index is 0.166. The molecule has 0 atom stereocenters.